The van der Waals surface area contributed by atoms with E-state index in [1.807, 2.05) is 0 Å². The molecule has 20 heavy (non-hydrogen) atoms. The van der Waals surface area contributed by atoms with Crippen LogP contribution in [0.3, 0.4) is 0 Å². The Bertz CT molecular complexity index is 1130. The number of nitrogens with zero attached hydrogens (tertiary/aromatic N) is 1. The number of fused-ring (bicyclic) bond motifs is 1. The van der Waals surface area contributed by atoms with E-state index in [1.165, 1.54) is 0 Å². The highest BCUT2D eigenvalue weighted by molar-refractivity contribution is 7.88. The third-order valence-corrected chi connectivity index (χ3v) is 3.76. The molecular weight excluding hydrogens is 274 g/mol. The van der Waals surface area contributed by atoms with Gasteiger partial charge in [0.15, 0.2) is 1.41 Å². The van der Waals surface area contributed by atoms with Gasteiger partial charge in [0.05, 0.1) is 11.2 Å². The Hall–Kier alpha value is -1.37. The van der Waals surface area contributed by atoms with Crippen molar-refractivity contribution >= 4 is 20.9 Å². The number of benzene rings is 1. The van der Waals surface area contributed by atoms with Crippen LogP contribution < -0.4 is 4.72 Å². The smallest absolute Gasteiger partial charge is 0.215 e. The number of rotatable bonds is 6. The summed E-state index contributed by atoms with van der Waals surface area (Å²) >= 11 is 0. The Balaban J connectivity index is 2.82. The molecule has 0 spiro atoms. The Morgan fingerprint density at radius 2 is 2.45 bits per heavy atom. The molecule has 0 amide bonds. The molecule has 2 aromatic rings. The summed E-state index contributed by atoms with van der Waals surface area (Å²) in [5, 5.41) is -0.276. The summed E-state index contributed by atoms with van der Waals surface area (Å²) in [6, 6.07) is -1.89. The minimum absolute atomic E-state index is 0.149. The fraction of sp³-hybridized carbons (Fsp3) is 0.429. The molecule has 0 fully saturated rings. The van der Waals surface area contributed by atoms with Crippen LogP contribution in [-0.4, -0.2) is 45.9 Å². The lowest BCUT2D eigenvalue weighted by Gasteiger charge is -2.08. The first-order valence-electron chi connectivity index (χ1n) is 11.0. The van der Waals surface area contributed by atoms with Crippen LogP contribution in [0.4, 0.5) is 0 Å². The van der Waals surface area contributed by atoms with E-state index >= 15 is 0 Å². The maximum atomic E-state index is 12.1. The number of aromatic amines is 1. The van der Waals surface area contributed by atoms with Crippen molar-refractivity contribution in [3.05, 3.63) is 35.4 Å². The van der Waals surface area contributed by atoms with Crippen molar-refractivity contribution in [3.8, 4) is 0 Å². The summed E-state index contributed by atoms with van der Waals surface area (Å²) in [5.41, 5.74) is -1.06. The van der Waals surface area contributed by atoms with E-state index in [4.69, 9.17) is 15.2 Å². The second kappa shape index (κ2) is 5.95. The molecular formula is C14H21N3O2S. The topological polar surface area (TPSA) is 65.2 Å². The number of sulfonamides is 1. The summed E-state index contributed by atoms with van der Waals surface area (Å²) in [6.07, 6.45) is -1.35. The van der Waals surface area contributed by atoms with Gasteiger partial charge < -0.3 is 9.88 Å². The van der Waals surface area contributed by atoms with Crippen LogP contribution in [0, 0.1) is 0 Å². The van der Waals surface area contributed by atoms with E-state index in [0.717, 1.165) is 14.1 Å². The monoisotopic (exact) mass is 306 g/mol. The van der Waals surface area contributed by atoms with Crippen molar-refractivity contribution < 1.29 is 23.6 Å². The van der Waals surface area contributed by atoms with E-state index in [9.17, 15) is 8.42 Å². The molecule has 2 rings (SSSR count). The molecule has 0 bridgehead atoms. The van der Waals surface area contributed by atoms with Crippen molar-refractivity contribution in [3.63, 3.8) is 0 Å². The summed E-state index contributed by atoms with van der Waals surface area (Å²) in [6.45, 7) is -5.36. The van der Waals surface area contributed by atoms with Gasteiger partial charge in [0.2, 0.25) is 10.0 Å². The first kappa shape index (κ1) is 6.17. The van der Waals surface area contributed by atoms with Crippen LogP contribution in [0.15, 0.2) is 24.3 Å². The second-order valence-electron chi connectivity index (χ2n) is 4.08. The summed E-state index contributed by atoms with van der Waals surface area (Å²) in [5.74, 6) is -0.954. The van der Waals surface area contributed by atoms with Gasteiger partial charge in [0, 0.05) is 30.4 Å². The van der Waals surface area contributed by atoms with Crippen LogP contribution in [-0.2, 0) is 22.2 Å². The Morgan fingerprint density at radius 3 is 3.15 bits per heavy atom. The van der Waals surface area contributed by atoms with Gasteiger partial charge in [-0.2, -0.15) is 0 Å². The molecule has 1 aromatic carbocycles. The molecule has 0 atom stereocenters. The Morgan fingerprint density at radius 1 is 1.65 bits per heavy atom. The normalized spacial score (nSPS) is 21.9. The van der Waals surface area contributed by atoms with Gasteiger partial charge in [0.25, 0.3) is 0 Å². The molecule has 1 heterocycles. The van der Waals surface area contributed by atoms with E-state index in [-0.39, 0.29) is 21.2 Å². The molecule has 1 aromatic heterocycles. The third kappa shape index (κ3) is 3.59. The molecule has 110 valence electrons. The molecule has 2 N–H and O–H groups in total. The van der Waals surface area contributed by atoms with Crippen molar-refractivity contribution in [2.24, 2.45) is 0 Å². The summed E-state index contributed by atoms with van der Waals surface area (Å²) < 4.78 is 111. The fourth-order valence-corrected chi connectivity index (χ4v) is 2.20. The first-order chi connectivity index (χ1) is 13.8. The summed E-state index contributed by atoms with van der Waals surface area (Å²) in [4.78, 5) is 0.889. The lowest BCUT2D eigenvalue weighted by Crippen LogP contribution is -2.20. The van der Waals surface area contributed by atoms with Crippen LogP contribution in [0.2, 0.25) is 2.82 Å². The van der Waals surface area contributed by atoms with E-state index < -0.39 is 65.5 Å². The van der Waals surface area contributed by atoms with Crippen LogP contribution >= 0.6 is 0 Å². The number of likely N-dealkylation sites (N-methyl/N-ethyl adjacent to an activating group) is 1. The lowest BCUT2D eigenvalue weighted by molar-refractivity contribution is 0.414. The maximum absolute atomic E-state index is 12.1. The first-order valence-corrected chi connectivity index (χ1v) is 7.26. The zero-order chi connectivity index (χ0) is 24.3. The van der Waals surface area contributed by atoms with Crippen molar-refractivity contribution in [1.29, 1.82) is 0 Å². The number of aryl methyl sites for hydroxylation is 1. The highest BCUT2D eigenvalue weighted by atomic mass is 32.2. The zero-order valence-electron chi connectivity index (χ0n) is 22.0. The van der Waals surface area contributed by atoms with Gasteiger partial charge in [-0.15, -0.1) is 0 Å². The number of hydrogen-bond donors (Lipinski definition) is 2. The van der Waals surface area contributed by atoms with Gasteiger partial charge in [-0.05, 0) is 50.7 Å². The van der Waals surface area contributed by atoms with E-state index in [1.54, 1.807) is 0 Å². The van der Waals surface area contributed by atoms with E-state index in [0.29, 0.717) is 9.88 Å². The SMILES string of the molecule is [2H]c1c(CS(=O)(=O)N([2H])C)c([2H])c2c(CC([2H])([2H])N(C)C([2H])([2H])[2H])c([2H])n([2H])c2c1[2H]. The number of aromatic nitrogens is 1. The van der Waals surface area contributed by atoms with E-state index in [2.05, 4.69) is 0 Å². The standard InChI is InChI=1S/C14H21N3O2S/c1-15-20(18,19)10-11-4-5-14-13(8-11)12(9-16-14)6-7-17(2)3/h4-5,8-9,15-16H,6-7,10H2,1-3H3/i2D3,4D,5D,7D2,8D,9D/hD2. The third-order valence-electron chi connectivity index (χ3n) is 2.55. The second-order valence-corrected chi connectivity index (χ2v) is 5.90. The lowest BCUT2D eigenvalue weighted by atomic mass is 10.1. The Labute approximate surface area is 135 Å². The molecule has 0 aliphatic carbocycles. The zero-order valence-corrected chi connectivity index (χ0v) is 11.8. The predicted molar refractivity (Wildman–Crippen MR) is 82.2 cm³/mol. The van der Waals surface area contributed by atoms with Crippen molar-refractivity contribution in [2.75, 3.05) is 27.6 Å². The highest BCUT2D eigenvalue weighted by Gasteiger charge is 2.11. The molecule has 5 nitrogen and oxygen atoms in total. The molecule has 6 heteroatoms. The Kier molecular flexibility index (Phi) is 1.84. The largest absolute Gasteiger partial charge is 0.361 e. The van der Waals surface area contributed by atoms with Gasteiger partial charge in [-0.25, -0.2) is 13.1 Å². The predicted octanol–water partition coefficient (Wildman–Crippen LogP) is 1.32. The quantitative estimate of drug-likeness (QED) is 0.846. The van der Waals surface area contributed by atoms with Crippen molar-refractivity contribution in [2.45, 2.75) is 12.2 Å². The molecule has 0 saturated carbocycles. The average molecular weight is 306 g/mol. The average Bonchev–Trinajstić information content (AvgIpc) is 2.86. The van der Waals surface area contributed by atoms with Gasteiger partial charge >= 0.3 is 0 Å². The van der Waals surface area contributed by atoms with Gasteiger partial charge in [-0.1, -0.05) is 6.04 Å². The number of H-pyrrole nitrogens is 1. The van der Waals surface area contributed by atoms with Gasteiger partial charge in [0.1, 0.15) is 1.41 Å². The summed E-state index contributed by atoms with van der Waals surface area (Å²) in [7, 11) is -2.29. The van der Waals surface area contributed by atoms with Crippen LogP contribution in [0.25, 0.3) is 10.9 Å². The molecule has 0 unspecified atom stereocenters. The van der Waals surface area contributed by atoms with Crippen LogP contribution in [0.5, 0.6) is 0 Å². The molecule has 0 saturated heterocycles. The number of hydrogen-bond acceptors (Lipinski definition) is 3. The minimum Gasteiger partial charge on any atom is -0.361 e. The van der Waals surface area contributed by atoms with Crippen molar-refractivity contribution in [1.82, 2.24) is 14.6 Å². The van der Waals surface area contributed by atoms with Gasteiger partial charge in [-0.3, -0.25) is 0 Å². The fourth-order valence-electron chi connectivity index (χ4n) is 1.56. The minimum atomic E-state index is -4.25. The maximum Gasteiger partial charge on any atom is 0.215 e. The molecule has 0 aliphatic rings. The molecule has 0 aliphatic heterocycles. The number of nitrogens with one attached hydrogen (secondary N) is 2. The highest BCUT2D eigenvalue weighted by Crippen LogP contribution is 2.21. The molecule has 0 radical (unpaired) electrons. The van der Waals surface area contributed by atoms with Crippen LogP contribution in [0.1, 0.15) is 23.5 Å².